The number of fused-ring (bicyclic) bond motifs is 1. The first kappa shape index (κ1) is 11.9. The SMILES string of the molecule is Fc1cc(N2CCc3c(Cl)ncnc32)ccc1Br. The largest absolute Gasteiger partial charge is 0.326 e. The molecule has 0 N–H and O–H groups in total. The van der Waals surface area contributed by atoms with Crippen LogP contribution in [0, 0.1) is 5.82 Å². The summed E-state index contributed by atoms with van der Waals surface area (Å²) in [6.07, 6.45) is 2.20. The predicted octanol–water partition coefficient (Wildman–Crippen LogP) is 3.73. The highest BCUT2D eigenvalue weighted by atomic mass is 79.9. The lowest BCUT2D eigenvalue weighted by Crippen LogP contribution is -2.14. The van der Waals surface area contributed by atoms with Gasteiger partial charge in [-0.15, -0.1) is 0 Å². The lowest BCUT2D eigenvalue weighted by atomic mass is 10.3. The van der Waals surface area contributed by atoms with Crippen molar-refractivity contribution in [2.75, 3.05) is 11.4 Å². The van der Waals surface area contributed by atoms with Crippen LogP contribution in [-0.4, -0.2) is 16.5 Å². The van der Waals surface area contributed by atoms with E-state index in [0.717, 1.165) is 30.0 Å². The lowest BCUT2D eigenvalue weighted by molar-refractivity contribution is 0.621. The monoisotopic (exact) mass is 327 g/mol. The maximum atomic E-state index is 13.6. The first-order valence-corrected chi connectivity index (χ1v) is 6.56. The second-order valence-corrected chi connectivity index (χ2v) is 5.18. The first-order valence-electron chi connectivity index (χ1n) is 5.39. The topological polar surface area (TPSA) is 29.0 Å². The summed E-state index contributed by atoms with van der Waals surface area (Å²) in [5, 5.41) is 0.472. The van der Waals surface area contributed by atoms with Gasteiger partial charge >= 0.3 is 0 Å². The number of aromatic nitrogens is 2. The normalized spacial score (nSPS) is 13.8. The van der Waals surface area contributed by atoms with Crippen molar-refractivity contribution >= 4 is 39.0 Å². The molecular formula is C12H8BrClFN3. The van der Waals surface area contributed by atoms with Gasteiger partial charge in [0.25, 0.3) is 0 Å². The molecule has 0 bridgehead atoms. The Balaban J connectivity index is 2.06. The second-order valence-electron chi connectivity index (χ2n) is 3.97. The predicted molar refractivity (Wildman–Crippen MR) is 71.9 cm³/mol. The summed E-state index contributed by atoms with van der Waals surface area (Å²) in [6.45, 7) is 0.731. The Morgan fingerprint density at radius 2 is 2.17 bits per heavy atom. The minimum atomic E-state index is -0.291. The van der Waals surface area contributed by atoms with E-state index < -0.39 is 0 Å². The minimum absolute atomic E-state index is 0.291. The summed E-state index contributed by atoms with van der Waals surface area (Å²) in [5.41, 5.74) is 1.69. The second kappa shape index (κ2) is 4.48. The van der Waals surface area contributed by atoms with Gasteiger partial charge in [0.05, 0.1) is 4.47 Å². The molecule has 0 saturated heterocycles. The van der Waals surface area contributed by atoms with Crippen molar-refractivity contribution in [2.24, 2.45) is 0 Å². The zero-order valence-electron chi connectivity index (χ0n) is 9.20. The van der Waals surface area contributed by atoms with E-state index in [1.807, 2.05) is 11.0 Å². The standard InChI is InChI=1S/C12H8BrClFN3/c13-9-2-1-7(5-10(9)15)18-4-3-8-11(14)16-6-17-12(8)18/h1-2,5-6H,3-4H2. The van der Waals surface area contributed by atoms with Crippen LogP contribution in [0.15, 0.2) is 29.0 Å². The fourth-order valence-corrected chi connectivity index (χ4v) is 2.53. The van der Waals surface area contributed by atoms with Crippen molar-refractivity contribution in [3.8, 4) is 0 Å². The Labute approximate surface area is 117 Å². The molecule has 3 rings (SSSR count). The van der Waals surface area contributed by atoms with Gasteiger partial charge in [-0.3, -0.25) is 0 Å². The number of anilines is 2. The first-order chi connectivity index (χ1) is 8.66. The zero-order chi connectivity index (χ0) is 12.7. The van der Waals surface area contributed by atoms with Gasteiger partial charge in [0.2, 0.25) is 0 Å². The summed E-state index contributed by atoms with van der Waals surface area (Å²) in [7, 11) is 0. The van der Waals surface area contributed by atoms with E-state index >= 15 is 0 Å². The van der Waals surface area contributed by atoms with Crippen molar-refractivity contribution in [1.82, 2.24) is 9.97 Å². The summed E-state index contributed by atoms with van der Waals surface area (Å²) in [5.74, 6) is 0.470. The average Bonchev–Trinajstić information content (AvgIpc) is 2.78. The molecule has 92 valence electrons. The molecule has 18 heavy (non-hydrogen) atoms. The zero-order valence-corrected chi connectivity index (χ0v) is 11.5. The molecule has 1 aliphatic heterocycles. The molecule has 2 aromatic rings. The number of nitrogens with zero attached hydrogens (tertiary/aromatic N) is 3. The quantitative estimate of drug-likeness (QED) is 0.747. The maximum Gasteiger partial charge on any atom is 0.141 e. The molecule has 0 atom stereocenters. The van der Waals surface area contributed by atoms with Crippen LogP contribution in [0.2, 0.25) is 5.15 Å². The van der Waals surface area contributed by atoms with Gasteiger partial charge in [0.15, 0.2) is 0 Å². The van der Waals surface area contributed by atoms with E-state index in [2.05, 4.69) is 25.9 Å². The van der Waals surface area contributed by atoms with E-state index in [9.17, 15) is 4.39 Å². The number of hydrogen-bond donors (Lipinski definition) is 0. The van der Waals surface area contributed by atoms with Gasteiger partial charge in [0, 0.05) is 17.8 Å². The van der Waals surface area contributed by atoms with Crippen LogP contribution in [0.3, 0.4) is 0 Å². The van der Waals surface area contributed by atoms with Gasteiger partial charge in [0.1, 0.15) is 23.1 Å². The molecule has 0 saturated carbocycles. The molecule has 3 nitrogen and oxygen atoms in total. The van der Waals surface area contributed by atoms with Crippen molar-refractivity contribution in [3.05, 3.63) is 45.5 Å². The highest BCUT2D eigenvalue weighted by molar-refractivity contribution is 9.10. The maximum absolute atomic E-state index is 13.6. The summed E-state index contributed by atoms with van der Waals surface area (Å²) >= 11 is 9.16. The van der Waals surface area contributed by atoms with Gasteiger partial charge in [-0.2, -0.15) is 0 Å². The third-order valence-corrected chi connectivity index (χ3v) is 3.89. The Kier molecular flexibility index (Phi) is 2.95. The molecule has 0 fully saturated rings. The molecule has 6 heteroatoms. The van der Waals surface area contributed by atoms with Crippen LogP contribution in [0.25, 0.3) is 0 Å². The van der Waals surface area contributed by atoms with Crippen LogP contribution < -0.4 is 4.90 Å². The molecular weight excluding hydrogens is 321 g/mol. The Hall–Kier alpha value is -1.20. The van der Waals surface area contributed by atoms with Crippen LogP contribution in [0.1, 0.15) is 5.56 Å². The van der Waals surface area contributed by atoms with Crippen molar-refractivity contribution in [1.29, 1.82) is 0 Å². The van der Waals surface area contributed by atoms with E-state index in [1.165, 1.54) is 12.4 Å². The van der Waals surface area contributed by atoms with Crippen molar-refractivity contribution < 1.29 is 4.39 Å². The number of halogens is 3. The van der Waals surface area contributed by atoms with Crippen molar-refractivity contribution in [3.63, 3.8) is 0 Å². The van der Waals surface area contributed by atoms with Gasteiger partial charge < -0.3 is 4.90 Å². The summed E-state index contributed by atoms with van der Waals surface area (Å²) in [6, 6.07) is 5.01. The fourth-order valence-electron chi connectivity index (χ4n) is 2.06. The van der Waals surface area contributed by atoms with E-state index in [-0.39, 0.29) is 5.82 Å². The third kappa shape index (κ3) is 1.87. The Bertz CT molecular complexity index is 620. The highest BCUT2D eigenvalue weighted by Gasteiger charge is 2.25. The van der Waals surface area contributed by atoms with E-state index in [0.29, 0.717) is 9.63 Å². The molecule has 0 amide bonds. The molecule has 1 aromatic heterocycles. The highest BCUT2D eigenvalue weighted by Crippen LogP contribution is 2.36. The van der Waals surface area contributed by atoms with E-state index in [4.69, 9.17) is 11.6 Å². The molecule has 0 unspecified atom stereocenters. The Morgan fingerprint density at radius 3 is 2.94 bits per heavy atom. The summed E-state index contributed by atoms with van der Waals surface area (Å²) in [4.78, 5) is 10.1. The van der Waals surface area contributed by atoms with Gasteiger partial charge in [-0.1, -0.05) is 11.6 Å². The van der Waals surface area contributed by atoms with Gasteiger partial charge in [-0.05, 0) is 40.5 Å². The molecule has 0 spiro atoms. The Morgan fingerprint density at radius 1 is 1.33 bits per heavy atom. The van der Waals surface area contributed by atoms with Crippen LogP contribution in [0.4, 0.5) is 15.9 Å². The number of benzene rings is 1. The molecule has 1 aromatic carbocycles. The van der Waals surface area contributed by atoms with Crippen LogP contribution in [0.5, 0.6) is 0 Å². The minimum Gasteiger partial charge on any atom is -0.326 e. The molecule has 2 heterocycles. The molecule has 0 aliphatic carbocycles. The van der Waals surface area contributed by atoms with Crippen LogP contribution in [-0.2, 0) is 6.42 Å². The third-order valence-electron chi connectivity index (χ3n) is 2.93. The van der Waals surface area contributed by atoms with Crippen LogP contribution >= 0.6 is 27.5 Å². The fraction of sp³-hybridized carbons (Fsp3) is 0.167. The molecule has 0 radical (unpaired) electrons. The van der Waals surface area contributed by atoms with E-state index in [1.54, 1.807) is 6.07 Å². The number of hydrogen-bond acceptors (Lipinski definition) is 3. The lowest BCUT2D eigenvalue weighted by Gasteiger charge is -2.18. The number of rotatable bonds is 1. The van der Waals surface area contributed by atoms with Gasteiger partial charge in [-0.25, -0.2) is 14.4 Å². The van der Waals surface area contributed by atoms with Crippen molar-refractivity contribution in [2.45, 2.75) is 6.42 Å². The average molecular weight is 329 g/mol. The summed E-state index contributed by atoms with van der Waals surface area (Å²) < 4.78 is 14.0. The smallest absolute Gasteiger partial charge is 0.141 e. The molecule has 1 aliphatic rings.